The quantitative estimate of drug-likeness (QED) is 0.194. The fourth-order valence-corrected chi connectivity index (χ4v) is 8.99. The Kier molecular flexibility index (Phi) is 6.11. The van der Waals surface area contributed by atoms with Crippen LogP contribution in [-0.2, 0) is 0 Å². The number of hydrogen-bond acceptors (Lipinski definition) is 4. The van der Waals surface area contributed by atoms with Crippen molar-refractivity contribution >= 4 is 50.2 Å². The Bertz CT molecular complexity index is 2550. The zero-order chi connectivity index (χ0) is 32.8. The molecule has 5 unspecified atom stereocenters. The molecule has 4 nitrogen and oxygen atoms in total. The maximum Gasteiger partial charge on any atom is 0.136 e. The van der Waals surface area contributed by atoms with Crippen molar-refractivity contribution in [2.45, 2.75) is 44.1 Å². The molecular weight excluding hydrogens is 601 g/mol. The minimum atomic E-state index is -0.0258. The lowest BCUT2D eigenvalue weighted by molar-refractivity contribution is 0.506. The van der Waals surface area contributed by atoms with Crippen LogP contribution in [0.2, 0.25) is 0 Å². The van der Waals surface area contributed by atoms with Gasteiger partial charge in [0.05, 0.1) is 11.6 Å². The molecule has 4 aliphatic rings. The van der Waals surface area contributed by atoms with Crippen molar-refractivity contribution in [1.29, 1.82) is 5.26 Å². The monoisotopic (exact) mass is 634 g/mol. The van der Waals surface area contributed by atoms with Crippen molar-refractivity contribution in [2.24, 2.45) is 5.92 Å². The number of anilines is 1. The Morgan fingerprint density at radius 3 is 2.43 bits per heavy atom. The van der Waals surface area contributed by atoms with E-state index in [4.69, 9.17) is 8.83 Å². The van der Waals surface area contributed by atoms with E-state index >= 15 is 0 Å². The van der Waals surface area contributed by atoms with Gasteiger partial charge in [-0.25, -0.2) is 0 Å². The van der Waals surface area contributed by atoms with E-state index < -0.39 is 0 Å². The standard InChI is InChI=1S/C45H34N2O2/c1-26-16-17-30(25-46)44(47-36-14-8-6-12-32(36)33-13-7-9-15-37(33)47)41(26)29-18-19-38-34(23-29)42-39(48-38)20-21-40-43(42)35-24-31(22-27(2)45(35)49-40)28-10-4-3-5-11-28/h3-21,23-24,26-27,32,36,41H,22H2,1-2H3. The van der Waals surface area contributed by atoms with E-state index in [0.29, 0.717) is 0 Å². The molecule has 10 rings (SSSR count). The summed E-state index contributed by atoms with van der Waals surface area (Å²) in [5.41, 5.74) is 11.8. The van der Waals surface area contributed by atoms with E-state index in [1.54, 1.807) is 0 Å². The maximum atomic E-state index is 10.6. The molecule has 2 aromatic heterocycles. The van der Waals surface area contributed by atoms with Gasteiger partial charge in [0.2, 0.25) is 0 Å². The average molecular weight is 635 g/mol. The molecule has 0 saturated heterocycles. The van der Waals surface area contributed by atoms with Gasteiger partial charge >= 0.3 is 0 Å². The third-order valence-corrected chi connectivity index (χ3v) is 11.2. The second kappa shape index (κ2) is 10.6. The molecule has 4 heteroatoms. The van der Waals surface area contributed by atoms with E-state index in [0.717, 1.165) is 61.9 Å². The van der Waals surface area contributed by atoms with Crippen molar-refractivity contribution in [2.75, 3.05) is 4.90 Å². The lowest BCUT2D eigenvalue weighted by atomic mass is 9.78. The number of nitriles is 1. The van der Waals surface area contributed by atoms with Crippen LogP contribution in [0.15, 0.2) is 141 Å². The Hall–Kier alpha value is -5.79. The van der Waals surface area contributed by atoms with Crippen LogP contribution in [0.5, 0.6) is 0 Å². The third kappa shape index (κ3) is 4.09. The number of furan rings is 2. The predicted octanol–water partition coefficient (Wildman–Crippen LogP) is 11.5. The molecule has 49 heavy (non-hydrogen) atoms. The second-order valence-electron chi connectivity index (χ2n) is 14.0. The minimum absolute atomic E-state index is 0.0258. The molecule has 0 fully saturated rings. The van der Waals surface area contributed by atoms with E-state index in [2.05, 4.69) is 140 Å². The Labute approximate surface area is 285 Å². The molecule has 236 valence electrons. The number of allylic oxidation sites excluding steroid dienone is 7. The number of para-hydroxylation sites is 1. The van der Waals surface area contributed by atoms with Crippen LogP contribution < -0.4 is 4.90 Å². The normalized spacial score (nSPS) is 24.0. The van der Waals surface area contributed by atoms with Crippen LogP contribution in [0.3, 0.4) is 0 Å². The van der Waals surface area contributed by atoms with E-state index in [9.17, 15) is 5.26 Å². The highest BCUT2D eigenvalue weighted by Crippen LogP contribution is 2.52. The van der Waals surface area contributed by atoms with Crippen LogP contribution in [0.1, 0.15) is 66.0 Å². The van der Waals surface area contributed by atoms with Crippen molar-refractivity contribution < 1.29 is 8.83 Å². The number of hydrogen-bond donors (Lipinski definition) is 0. The Morgan fingerprint density at radius 1 is 0.796 bits per heavy atom. The van der Waals surface area contributed by atoms with Gasteiger partial charge < -0.3 is 13.7 Å². The average Bonchev–Trinajstić information content (AvgIpc) is 3.81. The first-order chi connectivity index (χ1) is 24.1. The van der Waals surface area contributed by atoms with E-state index in [1.807, 2.05) is 12.1 Å². The number of nitrogens with zero attached hydrogens (tertiary/aromatic N) is 2. The summed E-state index contributed by atoms with van der Waals surface area (Å²) in [6, 6.07) is 32.8. The molecule has 0 amide bonds. The molecular formula is C45H34N2O2. The zero-order valence-corrected chi connectivity index (χ0v) is 27.4. The summed E-state index contributed by atoms with van der Waals surface area (Å²) in [4.78, 5) is 2.45. The van der Waals surface area contributed by atoms with Gasteiger partial charge in [0, 0.05) is 50.9 Å². The topological polar surface area (TPSA) is 53.3 Å². The largest absolute Gasteiger partial charge is 0.460 e. The van der Waals surface area contributed by atoms with Gasteiger partial charge in [-0.1, -0.05) is 98.8 Å². The lowest BCUT2D eigenvalue weighted by Crippen LogP contribution is -2.37. The van der Waals surface area contributed by atoms with Gasteiger partial charge in [-0.3, -0.25) is 0 Å². The van der Waals surface area contributed by atoms with Crippen molar-refractivity contribution in [3.63, 3.8) is 0 Å². The number of fused-ring (bicyclic) bond motifs is 10. The van der Waals surface area contributed by atoms with Gasteiger partial charge in [0.25, 0.3) is 0 Å². The minimum Gasteiger partial charge on any atom is -0.460 e. The van der Waals surface area contributed by atoms with Gasteiger partial charge in [0.1, 0.15) is 28.6 Å². The van der Waals surface area contributed by atoms with Crippen LogP contribution in [0.25, 0.3) is 44.6 Å². The highest BCUT2D eigenvalue weighted by Gasteiger charge is 2.43. The van der Waals surface area contributed by atoms with Crippen LogP contribution in [0.4, 0.5) is 5.69 Å². The summed E-state index contributed by atoms with van der Waals surface area (Å²) in [5.74, 6) is 1.69. The summed E-state index contributed by atoms with van der Waals surface area (Å²) < 4.78 is 13.2. The van der Waals surface area contributed by atoms with Gasteiger partial charge in [0.15, 0.2) is 0 Å². The summed E-state index contributed by atoms with van der Waals surface area (Å²) >= 11 is 0. The summed E-state index contributed by atoms with van der Waals surface area (Å²) in [6.45, 7) is 4.53. The number of rotatable bonds is 3. The molecule has 0 radical (unpaired) electrons. The highest BCUT2D eigenvalue weighted by molar-refractivity contribution is 6.21. The van der Waals surface area contributed by atoms with Crippen LogP contribution in [0, 0.1) is 17.2 Å². The Morgan fingerprint density at radius 2 is 1.57 bits per heavy atom. The first-order valence-electron chi connectivity index (χ1n) is 17.3. The fraction of sp³-hybridized carbons (Fsp3) is 0.178. The summed E-state index contributed by atoms with van der Waals surface area (Å²) in [6.07, 6.45) is 16.4. The summed E-state index contributed by atoms with van der Waals surface area (Å²) in [7, 11) is 0. The van der Waals surface area contributed by atoms with Crippen molar-refractivity contribution in [3.05, 3.63) is 161 Å². The molecule has 6 aromatic rings. The zero-order valence-electron chi connectivity index (χ0n) is 27.4. The Balaban J connectivity index is 1.18. The molecule has 0 bridgehead atoms. The summed E-state index contributed by atoms with van der Waals surface area (Å²) in [5, 5.41) is 13.9. The van der Waals surface area contributed by atoms with Gasteiger partial charge in [-0.2, -0.15) is 5.26 Å². The van der Waals surface area contributed by atoms with E-state index in [1.165, 1.54) is 28.0 Å². The maximum absolute atomic E-state index is 10.6. The van der Waals surface area contributed by atoms with E-state index in [-0.39, 0.29) is 29.7 Å². The van der Waals surface area contributed by atoms with Crippen molar-refractivity contribution in [1.82, 2.24) is 0 Å². The molecule has 0 spiro atoms. The third-order valence-electron chi connectivity index (χ3n) is 11.2. The molecule has 0 N–H and O–H groups in total. The fourth-order valence-electron chi connectivity index (χ4n) is 8.99. The molecule has 3 aliphatic carbocycles. The molecule has 1 aliphatic heterocycles. The SMILES string of the molecule is CC1CC(c2ccccc2)=Cc2c1oc1ccc3oc4ccc(C5C(N6c7ccccc7C7C=CC=CC76)=C(C#N)C=CC5C)cc4c3c21. The molecule has 3 heterocycles. The smallest absolute Gasteiger partial charge is 0.136 e. The van der Waals surface area contributed by atoms with Crippen molar-refractivity contribution in [3.8, 4) is 6.07 Å². The second-order valence-corrected chi connectivity index (χ2v) is 14.0. The lowest BCUT2D eigenvalue weighted by Gasteiger charge is -2.39. The predicted molar refractivity (Wildman–Crippen MR) is 198 cm³/mol. The van der Waals surface area contributed by atoms with Gasteiger partial charge in [-0.05, 0) is 77.1 Å². The first-order valence-corrected chi connectivity index (χ1v) is 17.3. The van der Waals surface area contributed by atoms with Crippen LogP contribution in [-0.4, -0.2) is 6.04 Å². The highest BCUT2D eigenvalue weighted by atomic mass is 16.3. The van der Waals surface area contributed by atoms with Crippen LogP contribution >= 0.6 is 0 Å². The number of benzene rings is 4. The molecule has 4 aromatic carbocycles. The first kappa shape index (κ1) is 28.2. The molecule has 5 atom stereocenters. The van der Waals surface area contributed by atoms with Gasteiger partial charge in [-0.15, -0.1) is 0 Å². The molecule has 0 saturated carbocycles.